The topological polar surface area (TPSA) is 54.9 Å². The summed E-state index contributed by atoms with van der Waals surface area (Å²) in [5.41, 5.74) is 2.10. The summed E-state index contributed by atoms with van der Waals surface area (Å²) in [4.78, 5) is 4.20. The standard InChI is InChI=1S/C20H26FN3O2/c1-22-20(23-11-9-15-5-4-6-17(21)13-15)24-12-10-16-7-8-18(25-2)19(14-16)26-3/h4-8,13-14H,9-12H2,1-3H3,(H2,22,23,24). The summed E-state index contributed by atoms with van der Waals surface area (Å²) < 4.78 is 23.7. The number of rotatable bonds is 8. The van der Waals surface area contributed by atoms with Crippen LogP contribution in [0.4, 0.5) is 4.39 Å². The van der Waals surface area contributed by atoms with Crippen molar-refractivity contribution in [3.63, 3.8) is 0 Å². The van der Waals surface area contributed by atoms with Gasteiger partial charge < -0.3 is 20.1 Å². The van der Waals surface area contributed by atoms with Gasteiger partial charge in [-0.25, -0.2) is 4.39 Å². The number of hydrogen-bond donors (Lipinski definition) is 2. The second kappa shape index (κ2) is 10.3. The maximum atomic E-state index is 13.2. The predicted octanol–water partition coefficient (Wildman–Crippen LogP) is 2.79. The van der Waals surface area contributed by atoms with Crippen LogP contribution in [0.25, 0.3) is 0 Å². The zero-order valence-electron chi connectivity index (χ0n) is 15.5. The van der Waals surface area contributed by atoms with Crippen LogP contribution in [0.15, 0.2) is 47.5 Å². The molecule has 0 spiro atoms. The van der Waals surface area contributed by atoms with E-state index in [9.17, 15) is 4.39 Å². The maximum absolute atomic E-state index is 13.2. The van der Waals surface area contributed by atoms with Crippen LogP contribution >= 0.6 is 0 Å². The summed E-state index contributed by atoms with van der Waals surface area (Å²) in [6, 6.07) is 12.5. The van der Waals surface area contributed by atoms with Gasteiger partial charge in [-0.2, -0.15) is 0 Å². The number of halogens is 1. The normalized spacial score (nSPS) is 11.2. The van der Waals surface area contributed by atoms with E-state index < -0.39 is 0 Å². The molecule has 6 heteroatoms. The molecule has 0 atom stereocenters. The summed E-state index contributed by atoms with van der Waals surface area (Å²) in [5.74, 6) is 1.96. The zero-order valence-corrected chi connectivity index (χ0v) is 15.5. The first-order chi connectivity index (χ1) is 12.7. The molecule has 5 nitrogen and oxygen atoms in total. The number of nitrogens with one attached hydrogen (secondary N) is 2. The number of hydrogen-bond acceptors (Lipinski definition) is 3. The van der Waals surface area contributed by atoms with E-state index in [-0.39, 0.29) is 5.82 Å². The Kier molecular flexibility index (Phi) is 7.74. The Bertz CT molecular complexity index is 735. The average Bonchev–Trinajstić information content (AvgIpc) is 2.66. The number of guanidine groups is 1. The lowest BCUT2D eigenvalue weighted by Gasteiger charge is -2.13. The quantitative estimate of drug-likeness (QED) is 0.562. The molecule has 0 fully saturated rings. The Morgan fingerprint density at radius 2 is 1.58 bits per heavy atom. The molecular weight excluding hydrogens is 333 g/mol. The lowest BCUT2D eigenvalue weighted by molar-refractivity contribution is 0.354. The molecule has 0 heterocycles. The number of ether oxygens (including phenoxy) is 2. The van der Waals surface area contributed by atoms with Crippen molar-refractivity contribution in [2.24, 2.45) is 4.99 Å². The van der Waals surface area contributed by atoms with Crippen molar-refractivity contribution < 1.29 is 13.9 Å². The third-order valence-corrected chi connectivity index (χ3v) is 3.97. The van der Waals surface area contributed by atoms with Gasteiger partial charge in [0.1, 0.15) is 5.82 Å². The minimum Gasteiger partial charge on any atom is -0.493 e. The third-order valence-electron chi connectivity index (χ3n) is 3.97. The Labute approximate surface area is 154 Å². The fourth-order valence-electron chi connectivity index (χ4n) is 2.60. The van der Waals surface area contributed by atoms with Crippen LogP contribution in [0.2, 0.25) is 0 Å². The van der Waals surface area contributed by atoms with Crippen LogP contribution in [0, 0.1) is 5.82 Å². The fourth-order valence-corrected chi connectivity index (χ4v) is 2.60. The molecule has 26 heavy (non-hydrogen) atoms. The minimum absolute atomic E-state index is 0.208. The Morgan fingerprint density at radius 3 is 2.15 bits per heavy atom. The molecule has 0 aliphatic heterocycles. The number of methoxy groups -OCH3 is 2. The largest absolute Gasteiger partial charge is 0.493 e. The van der Waals surface area contributed by atoms with E-state index in [1.807, 2.05) is 24.3 Å². The van der Waals surface area contributed by atoms with Crippen LogP contribution in [0.3, 0.4) is 0 Å². The van der Waals surface area contributed by atoms with Gasteiger partial charge >= 0.3 is 0 Å². The third kappa shape index (κ3) is 5.95. The first kappa shape index (κ1) is 19.6. The molecule has 140 valence electrons. The van der Waals surface area contributed by atoms with Crippen LogP contribution in [0.1, 0.15) is 11.1 Å². The Morgan fingerprint density at radius 1 is 0.923 bits per heavy atom. The molecule has 0 saturated carbocycles. The van der Waals surface area contributed by atoms with E-state index in [1.54, 1.807) is 33.4 Å². The van der Waals surface area contributed by atoms with Gasteiger partial charge in [-0.05, 0) is 48.2 Å². The van der Waals surface area contributed by atoms with Gasteiger partial charge in [-0.3, -0.25) is 4.99 Å². The molecule has 0 saturated heterocycles. The first-order valence-electron chi connectivity index (χ1n) is 8.56. The predicted molar refractivity (Wildman–Crippen MR) is 103 cm³/mol. The second-order valence-corrected chi connectivity index (χ2v) is 5.75. The number of benzene rings is 2. The van der Waals surface area contributed by atoms with Gasteiger partial charge in [-0.1, -0.05) is 18.2 Å². The van der Waals surface area contributed by atoms with E-state index >= 15 is 0 Å². The minimum atomic E-state index is -0.208. The van der Waals surface area contributed by atoms with E-state index in [4.69, 9.17) is 9.47 Å². The van der Waals surface area contributed by atoms with Gasteiger partial charge in [0.05, 0.1) is 14.2 Å². The molecular formula is C20H26FN3O2. The van der Waals surface area contributed by atoms with E-state index in [2.05, 4.69) is 15.6 Å². The van der Waals surface area contributed by atoms with Crippen molar-refractivity contribution >= 4 is 5.96 Å². The molecule has 0 aromatic heterocycles. The van der Waals surface area contributed by atoms with Gasteiger partial charge in [-0.15, -0.1) is 0 Å². The number of nitrogens with zero attached hydrogens (tertiary/aromatic N) is 1. The smallest absolute Gasteiger partial charge is 0.190 e. The summed E-state index contributed by atoms with van der Waals surface area (Å²) in [7, 11) is 4.98. The van der Waals surface area contributed by atoms with Gasteiger partial charge in [0.25, 0.3) is 0 Å². The lowest BCUT2D eigenvalue weighted by atomic mass is 10.1. The highest BCUT2D eigenvalue weighted by Gasteiger charge is 2.05. The first-order valence-corrected chi connectivity index (χ1v) is 8.56. The van der Waals surface area contributed by atoms with Crippen molar-refractivity contribution in [2.75, 3.05) is 34.4 Å². The van der Waals surface area contributed by atoms with E-state index in [0.717, 1.165) is 48.0 Å². The van der Waals surface area contributed by atoms with Crippen molar-refractivity contribution in [2.45, 2.75) is 12.8 Å². The number of aliphatic imine (C=N–C) groups is 1. The highest BCUT2D eigenvalue weighted by Crippen LogP contribution is 2.27. The molecule has 0 amide bonds. The molecule has 2 aromatic carbocycles. The summed E-state index contributed by atoms with van der Waals surface area (Å²) >= 11 is 0. The lowest BCUT2D eigenvalue weighted by Crippen LogP contribution is -2.39. The summed E-state index contributed by atoms with van der Waals surface area (Å²) in [6.07, 6.45) is 1.55. The van der Waals surface area contributed by atoms with Gasteiger partial charge in [0.15, 0.2) is 17.5 Å². The van der Waals surface area contributed by atoms with Crippen molar-refractivity contribution in [3.8, 4) is 11.5 Å². The van der Waals surface area contributed by atoms with Crippen LogP contribution in [-0.4, -0.2) is 40.3 Å². The molecule has 0 unspecified atom stereocenters. The summed E-state index contributed by atoms with van der Waals surface area (Å²) in [5, 5.41) is 6.51. The van der Waals surface area contributed by atoms with Crippen LogP contribution < -0.4 is 20.1 Å². The van der Waals surface area contributed by atoms with Crippen molar-refractivity contribution in [3.05, 3.63) is 59.4 Å². The van der Waals surface area contributed by atoms with Gasteiger partial charge in [0.2, 0.25) is 0 Å². The van der Waals surface area contributed by atoms with Gasteiger partial charge in [0, 0.05) is 20.1 Å². The second-order valence-electron chi connectivity index (χ2n) is 5.75. The molecule has 0 radical (unpaired) electrons. The van der Waals surface area contributed by atoms with Crippen LogP contribution in [0.5, 0.6) is 11.5 Å². The molecule has 0 aliphatic rings. The van der Waals surface area contributed by atoms with Crippen LogP contribution in [-0.2, 0) is 12.8 Å². The highest BCUT2D eigenvalue weighted by molar-refractivity contribution is 5.79. The van der Waals surface area contributed by atoms with E-state index in [1.165, 1.54) is 6.07 Å². The monoisotopic (exact) mass is 359 g/mol. The molecule has 0 bridgehead atoms. The zero-order chi connectivity index (χ0) is 18.8. The molecule has 2 aromatic rings. The maximum Gasteiger partial charge on any atom is 0.190 e. The Hall–Kier alpha value is -2.76. The van der Waals surface area contributed by atoms with Crippen molar-refractivity contribution in [1.29, 1.82) is 0 Å². The molecule has 2 rings (SSSR count). The highest BCUT2D eigenvalue weighted by atomic mass is 19.1. The Balaban J connectivity index is 1.76. The fraction of sp³-hybridized carbons (Fsp3) is 0.350. The SMILES string of the molecule is CN=C(NCCc1cccc(F)c1)NCCc1ccc(OC)c(OC)c1. The average molecular weight is 359 g/mol. The summed E-state index contributed by atoms with van der Waals surface area (Å²) in [6.45, 7) is 1.41. The van der Waals surface area contributed by atoms with E-state index in [0.29, 0.717) is 6.54 Å². The molecule has 0 aliphatic carbocycles. The van der Waals surface area contributed by atoms with Crippen molar-refractivity contribution in [1.82, 2.24) is 10.6 Å². The molecule has 2 N–H and O–H groups in total.